The van der Waals surface area contributed by atoms with Gasteiger partial charge in [0.2, 0.25) is 0 Å². The number of rotatable bonds is 3. The highest BCUT2D eigenvalue weighted by Gasteiger charge is 2.66. The highest BCUT2D eigenvalue weighted by atomic mass is 16.5. The number of benzene rings is 1. The Balaban J connectivity index is 1.44. The topological polar surface area (TPSA) is 36.9 Å². The van der Waals surface area contributed by atoms with Crippen molar-refractivity contribution in [1.82, 2.24) is 10.2 Å². The molecule has 1 aromatic rings. The zero-order chi connectivity index (χ0) is 15.9. The number of nitrogens with one attached hydrogen (secondary N) is 1. The van der Waals surface area contributed by atoms with Crippen LogP contribution in [0.2, 0.25) is 0 Å². The summed E-state index contributed by atoms with van der Waals surface area (Å²) in [7, 11) is 4.01. The maximum Gasteiger partial charge on any atom is 0.193 e. The number of fused-ring (bicyclic) bond motifs is 2. The Bertz CT molecular complexity index is 582. The van der Waals surface area contributed by atoms with Crippen LogP contribution in [0.5, 0.6) is 0 Å². The predicted molar refractivity (Wildman–Crippen MR) is 92.3 cm³/mol. The summed E-state index contributed by atoms with van der Waals surface area (Å²) in [5.74, 6) is 1.69. The molecule has 1 heterocycles. The number of nitrogens with zero attached hydrogens (tertiary/aromatic N) is 2. The second-order valence-corrected chi connectivity index (χ2v) is 7.34. The lowest BCUT2D eigenvalue weighted by Gasteiger charge is -2.63. The molecule has 124 valence electrons. The van der Waals surface area contributed by atoms with Crippen molar-refractivity contribution in [2.75, 3.05) is 20.7 Å². The van der Waals surface area contributed by atoms with Crippen LogP contribution in [0, 0.1) is 11.3 Å². The minimum atomic E-state index is 0.394. The van der Waals surface area contributed by atoms with Crippen molar-refractivity contribution >= 4 is 5.96 Å². The van der Waals surface area contributed by atoms with Gasteiger partial charge >= 0.3 is 0 Å². The zero-order valence-electron chi connectivity index (χ0n) is 14.2. The molecule has 2 aliphatic carbocycles. The number of hydrogen-bond donors (Lipinski definition) is 1. The zero-order valence-corrected chi connectivity index (χ0v) is 14.2. The summed E-state index contributed by atoms with van der Waals surface area (Å²) in [6, 6.07) is 11.1. The summed E-state index contributed by atoms with van der Waals surface area (Å²) in [5, 5.41) is 3.78. The van der Waals surface area contributed by atoms with Crippen LogP contribution < -0.4 is 5.32 Å². The minimum Gasteiger partial charge on any atom is -0.377 e. The number of aliphatic imine (C=N–C) groups is 1. The third-order valence-electron chi connectivity index (χ3n) is 6.16. The maximum atomic E-state index is 6.02. The van der Waals surface area contributed by atoms with E-state index in [2.05, 4.69) is 52.6 Å². The molecular formula is C19H27N3O. The van der Waals surface area contributed by atoms with Crippen LogP contribution >= 0.6 is 0 Å². The van der Waals surface area contributed by atoms with Gasteiger partial charge in [-0.3, -0.25) is 4.99 Å². The predicted octanol–water partition coefficient (Wildman–Crippen LogP) is 2.65. The lowest BCUT2D eigenvalue weighted by molar-refractivity contribution is -0.171. The molecule has 4 heteroatoms. The lowest BCUT2D eigenvalue weighted by atomic mass is 9.46. The fourth-order valence-electron chi connectivity index (χ4n) is 4.87. The molecule has 1 saturated heterocycles. The lowest BCUT2D eigenvalue weighted by Crippen LogP contribution is -2.72. The van der Waals surface area contributed by atoms with E-state index in [1.54, 1.807) is 0 Å². The van der Waals surface area contributed by atoms with Gasteiger partial charge in [-0.25, -0.2) is 0 Å². The van der Waals surface area contributed by atoms with Gasteiger partial charge < -0.3 is 15.0 Å². The van der Waals surface area contributed by atoms with Crippen molar-refractivity contribution in [3.05, 3.63) is 35.9 Å². The largest absolute Gasteiger partial charge is 0.377 e. The normalized spacial score (nSPS) is 31.2. The van der Waals surface area contributed by atoms with Gasteiger partial charge in [-0.2, -0.15) is 0 Å². The van der Waals surface area contributed by atoms with Gasteiger partial charge in [0, 0.05) is 44.6 Å². The third kappa shape index (κ3) is 2.35. The molecule has 0 bridgehead atoms. The first-order valence-corrected chi connectivity index (χ1v) is 8.84. The van der Waals surface area contributed by atoms with Crippen LogP contribution in [0.15, 0.2) is 35.3 Å². The van der Waals surface area contributed by atoms with Crippen molar-refractivity contribution < 1.29 is 4.74 Å². The van der Waals surface area contributed by atoms with Gasteiger partial charge in [-0.1, -0.05) is 36.8 Å². The van der Waals surface area contributed by atoms with E-state index < -0.39 is 0 Å². The molecule has 3 unspecified atom stereocenters. The first-order chi connectivity index (χ1) is 11.2. The molecule has 1 N–H and O–H groups in total. The molecule has 2 saturated carbocycles. The van der Waals surface area contributed by atoms with Crippen LogP contribution in [0.25, 0.3) is 0 Å². The van der Waals surface area contributed by atoms with Crippen LogP contribution in [0.3, 0.4) is 0 Å². The second kappa shape index (κ2) is 5.82. The van der Waals surface area contributed by atoms with Crippen molar-refractivity contribution in [2.24, 2.45) is 16.3 Å². The summed E-state index contributed by atoms with van der Waals surface area (Å²) in [6.07, 6.45) is 5.68. The molecule has 1 aromatic carbocycles. The molecular weight excluding hydrogens is 286 g/mol. The van der Waals surface area contributed by atoms with Gasteiger partial charge in [0.15, 0.2) is 5.96 Å². The molecule has 1 aliphatic heterocycles. The third-order valence-corrected chi connectivity index (χ3v) is 6.16. The summed E-state index contributed by atoms with van der Waals surface area (Å²) in [5.41, 5.74) is 1.71. The molecule has 0 amide bonds. The van der Waals surface area contributed by atoms with E-state index in [1.165, 1.54) is 31.2 Å². The smallest absolute Gasteiger partial charge is 0.193 e. The number of guanidine groups is 1. The Morgan fingerprint density at radius 3 is 2.78 bits per heavy atom. The Labute approximate surface area is 138 Å². The van der Waals surface area contributed by atoms with Crippen LogP contribution in [-0.2, 0) is 11.3 Å². The fourth-order valence-corrected chi connectivity index (χ4v) is 4.87. The fraction of sp³-hybridized carbons (Fsp3) is 0.632. The minimum absolute atomic E-state index is 0.394. The first kappa shape index (κ1) is 15.0. The average Bonchev–Trinajstić information content (AvgIpc) is 2.92. The van der Waals surface area contributed by atoms with Crippen molar-refractivity contribution in [3.8, 4) is 0 Å². The standard InChI is InChI=1S/C19H27N3O/c1-20-18(22(2)13-14-7-4-3-5-8-14)21-16-15-9-12-23-17(15)19(16)10-6-11-19/h3-5,7-8,15-17H,6,9-13H2,1-2H3,(H,20,21). The van der Waals surface area contributed by atoms with Crippen LogP contribution in [0.4, 0.5) is 0 Å². The average molecular weight is 313 g/mol. The van der Waals surface area contributed by atoms with Gasteiger partial charge in [-0.15, -0.1) is 0 Å². The first-order valence-electron chi connectivity index (χ1n) is 8.84. The molecule has 3 fully saturated rings. The summed E-state index contributed by atoms with van der Waals surface area (Å²) < 4.78 is 6.02. The van der Waals surface area contributed by atoms with Gasteiger partial charge in [-0.05, 0) is 24.8 Å². The molecule has 0 radical (unpaired) electrons. The van der Waals surface area contributed by atoms with Crippen molar-refractivity contribution in [3.63, 3.8) is 0 Å². The number of ether oxygens (including phenoxy) is 1. The van der Waals surface area contributed by atoms with Crippen LogP contribution in [-0.4, -0.2) is 43.7 Å². The number of hydrogen-bond acceptors (Lipinski definition) is 2. The second-order valence-electron chi connectivity index (χ2n) is 7.34. The molecule has 0 aromatic heterocycles. The highest BCUT2D eigenvalue weighted by molar-refractivity contribution is 5.80. The van der Waals surface area contributed by atoms with Gasteiger partial charge in [0.25, 0.3) is 0 Å². The molecule has 4 rings (SSSR count). The molecule has 3 aliphatic rings. The van der Waals surface area contributed by atoms with E-state index in [-0.39, 0.29) is 0 Å². The Morgan fingerprint density at radius 1 is 1.35 bits per heavy atom. The summed E-state index contributed by atoms with van der Waals surface area (Å²) in [6.45, 7) is 1.82. The van der Waals surface area contributed by atoms with Crippen molar-refractivity contribution in [1.29, 1.82) is 0 Å². The summed E-state index contributed by atoms with van der Waals surface area (Å²) >= 11 is 0. The SMILES string of the molecule is CN=C(NC1C2CCOC2C12CCC2)N(C)Cc1ccccc1. The Hall–Kier alpha value is -1.55. The van der Waals surface area contributed by atoms with E-state index in [1.807, 2.05) is 7.05 Å². The molecule has 4 nitrogen and oxygen atoms in total. The monoisotopic (exact) mass is 313 g/mol. The Morgan fingerprint density at radius 2 is 2.13 bits per heavy atom. The van der Waals surface area contributed by atoms with E-state index in [4.69, 9.17) is 4.74 Å². The van der Waals surface area contributed by atoms with E-state index in [0.29, 0.717) is 23.5 Å². The quantitative estimate of drug-likeness (QED) is 0.688. The van der Waals surface area contributed by atoms with Crippen molar-refractivity contribution in [2.45, 2.75) is 44.4 Å². The molecule has 1 spiro atoms. The van der Waals surface area contributed by atoms with E-state index in [0.717, 1.165) is 19.1 Å². The maximum absolute atomic E-state index is 6.02. The molecule has 3 atom stereocenters. The van der Waals surface area contributed by atoms with Gasteiger partial charge in [0.05, 0.1) is 6.10 Å². The molecule has 23 heavy (non-hydrogen) atoms. The van der Waals surface area contributed by atoms with Gasteiger partial charge in [0.1, 0.15) is 0 Å². The highest BCUT2D eigenvalue weighted by Crippen LogP contribution is 2.62. The Kier molecular flexibility index (Phi) is 3.80. The van der Waals surface area contributed by atoms with Crippen LogP contribution in [0.1, 0.15) is 31.2 Å². The van der Waals surface area contributed by atoms with E-state index in [9.17, 15) is 0 Å². The summed E-state index contributed by atoms with van der Waals surface area (Å²) in [4.78, 5) is 6.76. The van der Waals surface area contributed by atoms with E-state index >= 15 is 0 Å².